The summed E-state index contributed by atoms with van der Waals surface area (Å²) in [4.78, 5) is 6.87. The highest BCUT2D eigenvalue weighted by Gasteiger charge is 2.30. The first-order chi connectivity index (χ1) is 16.5. The number of aromatic nitrogens is 6. The second-order valence-electron chi connectivity index (χ2n) is 8.47. The minimum absolute atomic E-state index is 0.284. The summed E-state index contributed by atoms with van der Waals surface area (Å²) in [5.41, 5.74) is 4.25. The largest absolute Gasteiger partial charge is 0.361 e. The predicted molar refractivity (Wildman–Crippen MR) is 121 cm³/mol. The molecule has 5 heterocycles. The standard InChI is InChI=1S/C24H21F2N7O/c1-14-23(15(2)34-30-14)16-11-27-33(13-16)21-12-28-32-9-7-22(29-24(21)32)31-8-3-4-20(31)18-10-17(25)5-6-19(18)26/h5-7,9-13,20H,3-4,8H2,1-2H3/t20-/m0/s1. The summed E-state index contributed by atoms with van der Waals surface area (Å²) in [5, 5.41) is 12.9. The fourth-order valence-corrected chi connectivity index (χ4v) is 4.78. The highest BCUT2D eigenvalue weighted by atomic mass is 19.1. The van der Waals surface area contributed by atoms with Crippen LogP contribution in [0.2, 0.25) is 0 Å². The van der Waals surface area contributed by atoms with Crippen LogP contribution in [-0.4, -0.2) is 36.1 Å². The van der Waals surface area contributed by atoms with Crippen molar-refractivity contribution in [2.75, 3.05) is 11.4 Å². The van der Waals surface area contributed by atoms with Gasteiger partial charge in [-0.2, -0.15) is 10.2 Å². The van der Waals surface area contributed by atoms with Crippen LogP contribution in [0.5, 0.6) is 0 Å². The van der Waals surface area contributed by atoms with E-state index >= 15 is 0 Å². The third kappa shape index (κ3) is 3.25. The number of anilines is 1. The van der Waals surface area contributed by atoms with Crippen LogP contribution in [0.4, 0.5) is 14.6 Å². The molecule has 6 rings (SSSR count). The van der Waals surface area contributed by atoms with Gasteiger partial charge in [0.25, 0.3) is 0 Å². The Balaban J connectivity index is 1.39. The quantitative estimate of drug-likeness (QED) is 0.382. The van der Waals surface area contributed by atoms with Gasteiger partial charge < -0.3 is 9.42 Å². The maximum Gasteiger partial charge on any atom is 0.183 e. The van der Waals surface area contributed by atoms with Crippen molar-refractivity contribution in [1.82, 2.24) is 29.5 Å². The van der Waals surface area contributed by atoms with E-state index in [9.17, 15) is 8.78 Å². The summed E-state index contributed by atoms with van der Waals surface area (Å²) >= 11 is 0. The summed E-state index contributed by atoms with van der Waals surface area (Å²) in [5.74, 6) is 0.547. The SMILES string of the molecule is Cc1noc(C)c1-c1cnn(-c2cnn3ccc(N4CCC[C@H]4c4cc(F)ccc4F)nc23)c1. The van der Waals surface area contributed by atoms with Gasteiger partial charge in [0.2, 0.25) is 0 Å². The van der Waals surface area contributed by atoms with Gasteiger partial charge in [-0.3, -0.25) is 0 Å². The highest BCUT2D eigenvalue weighted by molar-refractivity contribution is 5.68. The van der Waals surface area contributed by atoms with E-state index in [-0.39, 0.29) is 6.04 Å². The second kappa shape index (κ2) is 7.75. The zero-order valence-corrected chi connectivity index (χ0v) is 18.6. The molecular formula is C24H21F2N7O. The van der Waals surface area contributed by atoms with E-state index in [1.807, 2.05) is 37.2 Å². The maximum absolute atomic E-state index is 14.5. The fourth-order valence-electron chi connectivity index (χ4n) is 4.78. The van der Waals surface area contributed by atoms with Gasteiger partial charge >= 0.3 is 0 Å². The van der Waals surface area contributed by atoms with Gasteiger partial charge in [-0.1, -0.05) is 5.16 Å². The molecule has 0 N–H and O–H groups in total. The lowest BCUT2D eigenvalue weighted by atomic mass is 10.0. The van der Waals surface area contributed by atoms with Crippen molar-refractivity contribution in [3.63, 3.8) is 0 Å². The first-order valence-corrected chi connectivity index (χ1v) is 11.0. The van der Waals surface area contributed by atoms with Crippen LogP contribution in [0.15, 0.2) is 53.6 Å². The molecule has 0 saturated carbocycles. The minimum Gasteiger partial charge on any atom is -0.361 e. The van der Waals surface area contributed by atoms with Crippen molar-refractivity contribution in [1.29, 1.82) is 0 Å². The van der Waals surface area contributed by atoms with Gasteiger partial charge in [0.05, 0.1) is 29.7 Å². The smallest absolute Gasteiger partial charge is 0.183 e. The number of halogens is 2. The Morgan fingerprint density at radius 2 is 1.97 bits per heavy atom. The van der Waals surface area contributed by atoms with E-state index in [1.165, 1.54) is 12.1 Å². The minimum atomic E-state index is -0.447. The molecule has 0 bridgehead atoms. The summed E-state index contributed by atoms with van der Waals surface area (Å²) in [6.07, 6.45) is 8.74. The van der Waals surface area contributed by atoms with Gasteiger partial charge in [0, 0.05) is 30.1 Å². The average Bonchev–Trinajstić information content (AvgIpc) is 3.61. The molecule has 10 heteroatoms. The monoisotopic (exact) mass is 461 g/mol. The molecule has 1 aromatic carbocycles. The van der Waals surface area contributed by atoms with Crippen LogP contribution in [0.3, 0.4) is 0 Å². The summed E-state index contributed by atoms with van der Waals surface area (Å²) < 4.78 is 37.1. The molecule has 34 heavy (non-hydrogen) atoms. The molecule has 172 valence electrons. The third-order valence-corrected chi connectivity index (χ3v) is 6.35. The lowest BCUT2D eigenvalue weighted by molar-refractivity contribution is 0.393. The Morgan fingerprint density at radius 3 is 2.79 bits per heavy atom. The van der Waals surface area contributed by atoms with Crippen LogP contribution in [0.1, 0.15) is 35.9 Å². The molecule has 0 spiro atoms. The normalized spacial score (nSPS) is 16.1. The van der Waals surface area contributed by atoms with Gasteiger partial charge in [-0.05, 0) is 51.0 Å². The fraction of sp³-hybridized carbons (Fsp3) is 0.250. The van der Waals surface area contributed by atoms with Crippen molar-refractivity contribution in [2.24, 2.45) is 0 Å². The second-order valence-corrected chi connectivity index (χ2v) is 8.47. The van der Waals surface area contributed by atoms with Crippen LogP contribution >= 0.6 is 0 Å². The van der Waals surface area contributed by atoms with Crippen LogP contribution in [0, 0.1) is 25.5 Å². The Morgan fingerprint density at radius 1 is 1.09 bits per heavy atom. The predicted octanol–water partition coefficient (Wildman–Crippen LogP) is 4.81. The molecule has 4 aromatic heterocycles. The molecule has 0 radical (unpaired) electrons. The first-order valence-electron chi connectivity index (χ1n) is 11.0. The highest BCUT2D eigenvalue weighted by Crippen LogP contribution is 2.37. The molecule has 0 unspecified atom stereocenters. The van der Waals surface area contributed by atoms with Crippen LogP contribution < -0.4 is 4.90 Å². The van der Waals surface area contributed by atoms with E-state index in [2.05, 4.69) is 15.4 Å². The molecule has 1 fully saturated rings. The van der Waals surface area contributed by atoms with Crippen molar-refractivity contribution < 1.29 is 13.3 Å². The van der Waals surface area contributed by atoms with E-state index < -0.39 is 11.6 Å². The topological polar surface area (TPSA) is 77.3 Å². The van der Waals surface area contributed by atoms with E-state index in [1.54, 1.807) is 21.6 Å². The lowest BCUT2D eigenvalue weighted by Gasteiger charge is -2.26. The van der Waals surface area contributed by atoms with E-state index in [0.717, 1.165) is 41.5 Å². The summed E-state index contributed by atoms with van der Waals surface area (Å²) in [7, 11) is 0. The summed E-state index contributed by atoms with van der Waals surface area (Å²) in [6, 6.07) is 5.16. The van der Waals surface area contributed by atoms with Crippen LogP contribution in [-0.2, 0) is 0 Å². The van der Waals surface area contributed by atoms with Gasteiger partial charge in [-0.25, -0.2) is 23.0 Å². The van der Waals surface area contributed by atoms with Gasteiger partial charge in [0.15, 0.2) is 5.65 Å². The number of nitrogens with zero attached hydrogens (tertiary/aromatic N) is 7. The summed E-state index contributed by atoms with van der Waals surface area (Å²) in [6.45, 7) is 4.45. The Kier molecular flexibility index (Phi) is 4.68. The van der Waals surface area contributed by atoms with Crippen molar-refractivity contribution in [2.45, 2.75) is 32.7 Å². The number of fused-ring (bicyclic) bond motifs is 1. The van der Waals surface area contributed by atoms with Gasteiger partial charge in [0.1, 0.15) is 28.9 Å². The zero-order valence-electron chi connectivity index (χ0n) is 18.6. The third-order valence-electron chi connectivity index (χ3n) is 6.35. The van der Waals surface area contributed by atoms with Crippen LogP contribution in [0.25, 0.3) is 22.5 Å². The zero-order chi connectivity index (χ0) is 23.4. The molecule has 0 aliphatic carbocycles. The average molecular weight is 461 g/mol. The molecule has 1 saturated heterocycles. The van der Waals surface area contributed by atoms with E-state index in [4.69, 9.17) is 9.51 Å². The molecule has 1 aliphatic heterocycles. The number of hydrogen-bond donors (Lipinski definition) is 0. The number of benzene rings is 1. The van der Waals surface area contributed by atoms with Crippen molar-refractivity contribution in [3.8, 4) is 16.8 Å². The molecular weight excluding hydrogens is 440 g/mol. The number of rotatable bonds is 4. The molecule has 0 amide bonds. The van der Waals surface area contributed by atoms with Crippen molar-refractivity contribution >= 4 is 11.5 Å². The first kappa shape index (κ1) is 20.5. The Hall–Kier alpha value is -4.08. The Labute approximate surface area is 193 Å². The molecule has 8 nitrogen and oxygen atoms in total. The molecule has 1 aliphatic rings. The van der Waals surface area contributed by atoms with Gasteiger partial charge in [-0.15, -0.1) is 0 Å². The number of aryl methyl sites for hydroxylation is 2. The molecule has 5 aromatic rings. The number of hydrogen-bond acceptors (Lipinski definition) is 6. The molecule has 1 atom stereocenters. The lowest BCUT2D eigenvalue weighted by Crippen LogP contribution is -2.24. The maximum atomic E-state index is 14.5. The van der Waals surface area contributed by atoms with Crippen molar-refractivity contribution in [3.05, 3.63) is 77.7 Å². The van der Waals surface area contributed by atoms with E-state index in [0.29, 0.717) is 29.3 Å². The Bertz CT molecular complexity index is 1500.